The normalized spacial score (nSPS) is 11.2. The Morgan fingerprint density at radius 1 is 1.33 bits per heavy atom. The molecule has 2 aromatic carbocycles. The second-order valence-corrected chi connectivity index (χ2v) is 6.95. The number of aromatic nitrogens is 1. The zero-order valence-corrected chi connectivity index (χ0v) is 14.5. The fraction of sp³-hybridized carbons (Fsp3) is 0.176. The first-order chi connectivity index (χ1) is 11.5. The molecule has 0 spiro atoms. The molecule has 1 N–H and O–H groups in total. The predicted molar refractivity (Wildman–Crippen MR) is 96.0 cm³/mol. The van der Waals surface area contributed by atoms with E-state index < -0.39 is 5.82 Å². The number of rotatable bonds is 5. The molecule has 0 aliphatic carbocycles. The summed E-state index contributed by atoms with van der Waals surface area (Å²) in [7, 11) is 1.85. The summed E-state index contributed by atoms with van der Waals surface area (Å²) in [6, 6.07) is 12.0. The van der Waals surface area contributed by atoms with Crippen LogP contribution < -0.4 is 5.32 Å². The van der Waals surface area contributed by atoms with Crippen molar-refractivity contribution >= 4 is 44.7 Å². The van der Waals surface area contributed by atoms with Crippen molar-refractivity contribution in [1.29, 1.82) is 0 Å². The molecular formula is C17H15ClFN3OS. The Balaban J connectivity index is 1.58. The number of nitrogens with zero attached hydrogens (tertiary/aromatic N) is 2. The minimum absolute atomic E-state index is 0.0179. The zero-order valence-electron chi connectivity index (χ0n) is 12.9. The second-order valence-electron chi connectivity index (χ2n) is 5.42. The number of halogens is 2. The highest BCUT2D eigenvalue weighted by Gasteiger charge is 2.11. The van der Waals surface area contributed by atoms with Crippen LogP contribution in [0.2, 0.25) is 5.02 Å². The van der Waals surface area contributed by atoms with E-state index >= 15 is 0 Å². The predicted octanol–water partition coefficient (Wildman–Crippen LogP) is 4.16. The average Bonchev–Trinajstić information content (AvgIpc) is 2.92. The molecule has 0 saturated heterocycles. The van der Waals surface area contributed by atoms with Crippen molar-refractivity contribution in [1.82, 2.24) is 9.88 Å². The molecule has 0 saturated carbocycles. The number of benzene rings is 2. The molecule has 24 heavy (non-hydrogen) atoms. The molecule has 0 radical (unpaired) electrons. The maximum Gasteiger partial charge on any atom is 0.238 e. The minimum atomic E-state index is -0.511. The highest BCUT2D eigenvalue weighted by Crippen LogP contribution is 2.22. The number of anilines is 1. The average molecular weight is 364 g/mol. The molecule has 0 aliphatic rings. The van der Waals surface area contributed by atoms with Crippen LogP contribution >= 0.6 is 22.9 Å². The zero-order chi connectivity index (χ0) is 17.1. The molecule has 4 nitrogen and oxygen atoms in total. The summed E-state index contributed by atoms with van der Waals surface area (Å²) in [6.45, 7) is 0.780. The molecule has 1 amide bonds. The molecule has 0 aliphatic heterocycles. The van der Waals surface area contributed by atoms with Crippen molar-refractivity contribution in [2.24, 2.45) is 0 Å². The molecule has 0 fully saturated rings. The van der Waals surface area contributed by atoms with Gasteiger partial charge in [0.05, 0.1) is 28.3 Å². The number of carbonyl (C=O) groups is 1. The maximum atomic E-state index is 13.1. The van der Waals surface area contributed by atoms with E-state index in [1.165, 1.54) is 18.2 Å². The molecule has 3 aromatic rings. The smallest absolute Gasteiger partial charge is 0.238 e. The number of fused-ring (bicyclic) bond motifs is 1. The van der Waals surface area contributed by atoms with E-state index in [1.54, 1.807) is 11.3 Å². The number of nitrogens with one attached hydrogen (secondary N) is 1. The molecule has 124 valence electrons. The van der Waals surface area contributed by atoms with Crippen molar-refractivity contribution in [3.8, 4) is 0 Å². The van der Waals surface area contributed by atoms with Crippen LogP contribution in [-0.4, -0.2) is 29.4 Å². The van der Waals surface area contributed by atoms with Crippen LogP contribution in [-0.2, 0) is 11.3 Å². The van der Waals surface area contributed by atoms with Gasteiger partial charge < -0.3 is 5.32 Å². The quantitative estimate of drug-likeness (QED) is 0.740. The number of hydrogen-bond acceptors (Lipinski definition) is 4. The summed E-state index contributed by atoms with van der Waals surface area (Å²) in [5, 5.41) is 3.64. The Labute approximate surface area is 147 Å². The lowest BCUT2D eigenvalue weighted by Gasteiger charge is -2.14. The van der Waals surface area contributed by atoms with Gasteiger partial charge in [0.15, 0.2) is 0 Å². The molecule has 0 bridgehead atoms. The summed E-state index contributed by atoms with van der Waals surface area (Å²) in [4.78, 5) is 18.5. The molecule has 0 unspecified atom stereocenters. The van der Waals surface area contributed by atoms with E-state index in [0.29, 0.717) is 12.2 Å². The SMILES string of the molecule is CN(CC(=O)Nc1ccc(F)c(Cl)c1)Cc1nc2ccccc2s1. The number of thiazole rings is 1. The molecule has 3 rings (SSSR count). The molecule has 0 atom stereocenters. The van der Waals surface area contributed by atoms with Crippen molar-refractivity contribution in [3.63, 3.8) is 0 Å². The first-order valence-corrected chi connectivity index (χ1v) is 8.48. The lowest BCUT2D eigenvalue weighted by atomic mass is 10.3. The minimum Gasteiger partial charge on any atom is -0.325 e. The Hall–Kier alpha value is -2.02. The molecule has 1 aromatic heterocycles. The van der Waals surface area contributed by atoms with Gasteiger partial charge in [-0.2, -0.15) is 0 Å². The van der Waals surface area contributed by atoms with Crippen molar-refractivity contribution < 1.29 is 9.18 Å². The highest BCUT2D eigenvalue weighted by atomic mass is 35.5. The standard InChI is InChI=1S/C17H15ClFN3OS/c1-22(10-17-21-14-4-2-3-5-15(14)24-17)9-16(23)20-11-6-7-13(19)12(18)8-11/h2-8H,9-10H2,1H3,(H,20,23). The van der Waals surface area contributed by atoms with E-state index in [4.69, 9.17) is 11.6 Å². The van der Waals surface area contributed by atoms with Crippen LogP contribution in [0, 0.1) is 5.82 Å². The van der Waals surface area contributed by atoms with Crippen molar-refractivity contribution in [2.45, 2.75) is 6.54 Å². The number of likely N-dealkylation sites (N-methyl/N-ethyl adjacent to an activating group) is 1. The Kier molecular flexibility index (Phi) is 5.08. The van der Waals surface area contributed by atoms with Gasteiger partial charge in [0.25, 0.3) is 0 Å². The molecule has 1 heterocycles. The van der Waals surface area contributed by atoms with Crippen LogP contribution in [0.3, 0.4) is 0 Å². The van der Waals surface area contributed by atoms with Gasteiger partial charge in [-0.25, -0.2) is 9.37 Å². The number of carbonyl (C=O) groups excluding carboxylic acids is 1. The van der Waals surface area contributed by atoms with Gasteiger partial charge in [-0.1, -0.05) is 23.7 Å². The first kappa shape index (κ1) is 16.8. The van der Waals surface area contributed by atoms with Crippen LogP contribution in [0.1, 0.15) is 5.01 Å². The summed E-state index contributed by atoms with van der Waals surface area (Å²) in [5.74, 6) is -0.705. The summed E-state index contributed by atoms with van der Waals surface area (Å²) < 4.78 is 14.2. The maximum absolute atomic E-state index is 13.1. The summed E-state index contributed by atoms with van der Waals surface area (Å²) in [5.41, 5.74) is 1.44. The third-order valence-electron chi connectivity index (χ3n) is 3.36. The van der Waals surface area contributed by atoms with Crippen LogP contribution in [0.15, 0.2) is 42.5 Å². The Morgan fingerprint density at radius 3 is 2.88 bits per heavy atom. The van der Waals surface area contributed by atoms with E-state index in [1.807, 2.05) is 36.2 Å². The van der Waals surface area contributed by atoms with Gasteiger partial charge >= 0.3 is 0 Å². The van der Waals surface area contributed by atoms with E-state index in [-0.39, 0.29) is 17.5 Å². The van der Waals surface area contributed by atoms with Gasteiger partial charge in [0.2, 0.25) is 5.91 Å². The third kappa shape index (κ3) is 4.08. The number of para-hydroxylation sites is 1. The van der Waals surface area contributed by atoms with Crippen LogP contribution in [0.4, 0.5) is 10.1 Å². The van der Waals surface area contributed by atoms with Crippen molar-refractivity contribution in [2.75, 3.05) is 18.9 Å². The number of hydrogen-bond donors (Lipinski definition) is 1. The third-order valence-corrected chi connectivity index (χ3v) is 4.67. The summed E-state index contributed by atoms with van der Waals surface area (Å²) >= 11 is 7.32. The van der Waals surface area contributed by atoms with Gasteiger partial charge in [-0.05, 0) is 37.4 Å². The lowest BCUT2D eigenvalue weighted by molar-refractivity contribution is -0.117. The van der Waals surface area contributed by atoms with Crippen LogP contribution in [0.5, 0.6) is 0 Å². The molecular weight excluding hydrogens is 349 g/mol. The largest absolute Gasteiger partial charge is 0.325 e. The van der Waals surface area contributed by atoms with Gasteiger partial charge in [0, 0.05) is 5.69 Å². The first-order valence-electron chi connectivity index (χ1n) is 7.29. The topological polar surface area (TPSA) is 45.2 Å². The van der Waals surface area contributed by atoms with Gasteiger partial charge in [-0.3, -0.25) is 9.69 Å². The second kappa shape index (κ2) is 7.25. The highest BCUT2D eigenvalue weighted by molar-refractivity contribution is 7.18. The fourth-order valence-electron chi connectivity index (χ4n) is 2.29. The van der Waals surface area contributed by atoms with E-state index in [9.17, 15) is 9.18 Å². The van der Waals surface area contributed by atoms with Gasteiger partial charge in [-0.15, -0.1) is 11.3 Å². The fourth-order valence-corrected chi connectivity index (χ4v) is 3.52. The lowest BCUT2D eigenvalue weighted by Crippen LogP contribution is -2.29. The van der Waals surface area contributed by atoms with E-state index in [0.717, 1.165) is 15.2 Å². The van der Waals surface area contributed by atoms with Crippen molar-refractivity contribution in [3.05, 3.63) is 58.3 Å². The monoisotopic (exact) mass is 363 g/mol. The molecule has 7 heteroatoms. The Bertz CT molecular complexity index is 850. The summed E-state index contributed by atoms with van der Waals surface area (Å²) in [6.07, 6.45) is 0. The number of amides is 1. The van der Waals surface area contributed by atoms with E-state index in [2.05, 4.69) is 10.3 Å². The Morgan fingerprint density at radius 2 is 2.12 bits per heavy atom. The van der Waals surface area contributed by atoms with Crippen LogP contribution in [0.25, 0.3) is 10.2 Å². The van der Waals surface area contributed by atoms with Gasteiger partial charge in [0.1, 0.15) is 10.8 Å².